The normalized spacial score (nSPS) is 12.7. The molecule has 2 aromatic rings. The highest BCUT2D eigenvalue weighted by Crippen LogP contribution is 2.25. The van der Waals surface area contributed by atoms with Crippen LogP contribution in [0, 0.1) is 11.6 Å². The molecule has 19 heavy (non-hydrogen) atoms. The topological polar surface area (TPSA) is 42.7 Å². The Bertz CT molecular complexity index is 545. The maximum absolute atomic E-state index is 13.7. The van der Waals surface area contributed by atoms with E-state index in [-0.39, 0.29) is 18.0 Å². The van der Waals surface area contributed by atoms with Crippen molar-refractivity contribution in [3.05, 3.63) is 45.7 Å². The van der Waals surface area contributed by atoms with Gasteiger partial charge in [0.25, 0.3) is 0 Å². The monoisotopic (exact) mass is 330 g/mol. The van der Waals surface area contributed by atoms with Crippen molar-refractivity contribution >= 4 is 15.9 Å². The molecule has 1 unspecified atom stereocenters. The van der Waals surface area contributed by atoms with Crippen molar-refractivity contribution in [1.82, 2.24) is 20.3 Å². The van der Waals surface area contributed by atoms with E-state index in [0.29, 0.717) is 4.60 Å². The van der Waals surface area contributed by atoms with Crippen molar-refractivity contribution in [2.45, 2.75) is 12.5 Å². The molecular weight excluding hydrogens is 318 g/mol. The lowest BCUT2D eigenvalue weighted by Crippen LogP contribution is -2.23. The fourth-order valence-electron chi connectivity index (χ4n) is 1.98. The Labute approximate surface area is 117 Å². The molecule has 7 heteroatoms. The van der Waals surface area contributed by atoms with Crippen molar-refractivity contribution in [2.24, 2.45) is 7.05 Å². The molecular formula is C12H13BrF2N4. The summed E-state index contributed by atoms with van der Waals surface area (Å²) in [6.45, 7) is 0. The fraction of sp³-hybridized carbons (Fsp3) is 0.333. The van der Waals surface area contributed by atoms with Crippen LogP contribution in [0.5, 0.6) is 0 Å². The lowest BCUT2D eigenvalue weighted by atomic mass is 10.0. The predicted molar refractivity (Wildman–Crippen MR) is 70.6 cm³/mol. The fourth-order valence-corrected chi connectivity index (χ4v) is 2.58. The summed E-state index contributed by atoms with van der Waals surface area (Å²) in [5, 5.41) is 10.8. The molecule has 0 spiro atoms. The number of nitrogens with zero attached hydrogens (tertiary/aromatic N) is 3. The molecule has 0 fully saturated rings. The van der Waals surface area contributed by atoms with Crippen molar-refractivity contribution < 1.29 is 8.78 Å². The summed E-state index contributed by atoms with van der Waals surface area (Å²) in [6, 6.07) is 3.56. The van der Waals surface area contributed by atoms with Crippen molar-refractivity contribution in [3.8, 4) is 0 Å². The molecule has 0 saturated heterocycles. The molecule has 1 aromatic heterocycles. The van der Waals surface area contributed by atoms with Gasteiger partial charge in [0.1, 0.15) is 11.6 Å². The number of halogens is 3. The summed E-state index contributed by atoms with van der Waals surface area (Å²) in [4.78, 5) is 0. The summed E-state index contributed by atoms with van der Waals surface area (Å²) in [6.07, 6.45) is 0.175. The summed E-state index contributed by atoms with van der Waals surface area (Å²) in [5.74, 6) is -1.10. The smallest absolute Gasteiger partial charge is 0.153 e. The third-order valence-electron chi connectivity index (χ3n) is 2.98. The first-order valence-corrected chi connectivity index (χ1v) is 6.49. The number of hydrogen-bond donors (Lipinski definition) is 1. The van der Waals surface area contributed by atoms with Gasteiger partial charge in [-0.15, -0.1) is 5.10 Å². The highest BCUT2D eigenvalue weighted by atomic mass is 79.9. The first-order valence-electron chi connectivity index (χ1n) is 5.69. The van der Waals surface area contributed by atoms with Gasteiger partial charge in [0.2, 0.25) is 0 Å². The van der Waals surface area contributed by atoms with Gasteiger partial charge in [-0.1, -0.05) is 11.3 Å². The van der Waals surface area contributed by atoms with Crippen molar-refractivity contribution in [1.29, 1.82) is 0 Å². The molecule has 0 saturated carbocycles. The second-order valence-corrected chi connectivity index (χ2v) is 4.89. The maximum Gasteiger partial charge on any atom is 0.153 e. The van der Waals surface area contributed by atoms with E-state index in [4.69, 9.17) is 0 Å². The van der Waals surface area contributed by atoms with Gasteiger partial charge in [0.15, 0.2) is 4.60 Å². The molecule has 0 bridgehead atoms. The zero-order valence-corrected chi connectivity index (χ0v) is 12.1. The average Bonchev–Trinajstić information content (AvgIpc) is 2.70. The van der Waals surface area contributed by atoms with Crippen molar-refractivity contribution in [3.63, 3.8) is 0 Å². The molecule has 0 aliphatic heterocycles. The van der Waals surface area contributed by atoms with E-state index in [2.05, 4.69) is 31.6 Å². The quantitative estimate of drug-likeness (QED) is 0.935. The van der Waals surface area contributed by atoms with E-state index >= 15 is 0 Å². The highest BCUT2D eigenvalue weighted by Gasteiger charge is 2.22. The zero-order chi connectivity index (χ0) is 14.0. The molecule has 4 nitrogen and oxygen atoms in total. The molecule has 0 radical (unpaired) electrons. The van der Waals surface area contributed by atoms with E-state index in [1.807, 2.05) is 0 Å². The van der Waals surface area contributed by atoms with E-state index in [9.17, 15) is 8.78 Å². The molecule has 1 N–H and O–H groups in total. The van der Waals surface area contributed by atoms with Gasteiger partial charge < -0.3 is 5.32 Å². The summed E-state index contributed by atoms with van der Waals surface area (Å²) in [7, 11) is 3.46. The van der Waals surface area contributed by atoms with Gasteiger partial charge in [0.05, 0.1) is 11.7 Å². The van der Waals surface area contributed by atoms with Gasteiger partial charge >= 0.3 is 0 Å². The predicted octanol–water partition coefficient (Wildman–Crippen LogP) is 2.36. The van der Waals surface area contributed by atoms with E-state index in [0.717, 1.165) is 5.69 Å². The van der Waals surface area contributed by atoms with Crippen LogP contribution < -0.4 is 5.32 Å². The van der Waals surface area contributed by atoms with Gasteiger partial charge in [0, 0.05) is 12.6 Å². The van der Waals surface area contributed by atoms with Crippen molar-refractivity contribution in [2.75, 3.05) is 7.05 Å². The molecule has 2 rings (SSSR count). The second kappa shape index (κ2) is 5.75. The van der Waals surface area contributed by atoms with Crippen LogP contribution in [0.2, 0.25) is 0 Å². The number of aryl methyl sites for hydroxylation is 1. The van der Waals surface area contributed by atoms with Crippen LogP contribution in [0.4, 0.5) is 8.78 Å². The van der Waals surface area contributed by atoms with E-state index in [1.165, 1.54) is 18.2 Å². The maximum atomic E-state index is 13.7. The SMILES string of the molecule is CNC(Cc1c(F)cccc1F)c1c(Br)nnn1C. The average molecular weight is 331 g/mol. The lowest BCUT2D eigenvalue weighted by Gasteiger charge is -2.17. The Kier molecular flexibility index (Phi) is 4.26. The van der Waals surface area contributed by atoms with Crippen LogP contribution in [-0.2, 0) is 13.5 Å². The minimum absolute atomic E-state index is 0.0509. The summed E-state index contributed by atoms with van der Waals surface area (Å²) < 4.78 is 29.5. The van der Waals surface area contributed by atoms with Crippen LogP contribution in [-0.4, -0.2) is 22.0 Å². The third-order valence-corrected chi connectivity index (χ3v) is 3.54. The Morgan fingerprint density at radius 2 is 2.00 bits per heavy atom. The van der Waals surface area contributed by atoms with Gasteiger partial charge in [-0.25, -0.2) is 13.5 Å². The number of likely N-dealkylation sites (N-methyl/N-ethyl adjacent to an activating group) is 1. The Hall–Kier alpha value is -1.34. The summed E-state index contributed by atoms with van der Waals surface area (Å²) in [5.41, 5.74) is 0.792. The Balaban J connectivity index is 2.35. The Morgan fingerprint density at radius 1 is 1.37 bits per heavy atom. The van der Waals surface area contributed by atoms with Crippen LogP contribution in [0.3, 0.4) is 0 Å². The van der Waals surface area contributed by atoms with Crippen LogP contribution in [0.25, 0.3) is 0 Å². The number of benzene rings is 1. The largest absolute Gasteiger partial charge is 0.311 e. The molecule has 0 amide bonds. The number of nitrogens with one attached hydrogen (secondary N) is 1. The van der Waals surface area contributed by atoms with Crippen LogP contribution in [0.1, 0.15) is 17.3 Å². The van der Waals surface area contributed by atoms with E-state index < -0.39 is 11.6 Å². The number of rotatable bonds is 4. The van der Waals surface area contributed by atoms with E-state index in [1.54, 1.807) is 18.8 Å². The minimum atomic E-state index is -0.550. The first kappa shape index (κ1) is 14.1. The molecule has 0 aliphatic rings. The molecule has 0 aliphatic carbocycles. The zero-order valence-electron chi connectivity index (χ0n) is 10.5. The molecule has 1 heterocycles. The number of aromatic nitrogens is 3. The third kappa shape index (κ3) is 2.82. The van der Waals surface area contributed by atoms with Crippen LogP contribution >= 0.6 is 15.9 Å². The second-order valence-electron chi connectivity index (χ2n) is 4.13. The highest BCUT2D eigenvalue weighted by molar-refractivity contribution is 9.10. The van der Waals surface area contributed by atoms with Crippen LogP contribution in [0.15, 0.2) is 22.8 Å². The Morgan fingerprint density at radius 3 is 2.47 bits per heavy atom. The van der Waals surface area contributed by atoms with Gasteiger partial charge in [-0.3, -0.25) is 0 Å². The minimum Gasteiger partial charge on any atom is -0.311 e. The summed E-state index contributed by atoms with van der Waals surface area (Å²) >= 11 is 3.29. The molecule has 1 aromatic carbocycles. The number of hydrogen-bond acceptors (Lipinski definition) is 3. The van der Waals surface area contributed by atoms with Gasteiger partial charge in [-0.05, 0) is 41.5 Å². The lowest BCUT2D eigenvalue weighted by molar-refractivity contribution is 0.492. The molecule has 1 atom stereocenters. The van der Waals surface area contributed by atoms with Gasteiger partial charge in [-0.2, -0.15) is 0 Å². The molecule has 102 valence electrons. The first-order chi connectivity index (χ1) is 9.04. The standard InChI is InChI=1S/C12H13BrF2N4/c1-16-10(11-12(13)17-18-19(11)2)6-7-8(14)4-3-5-9(7)15/h3-5,10,16H,6H2,1-2H3.